The van der Waals surface area contributed by atoms with E-state index in [1.165, 1.54) is 0 Å². The second kappa shape index (κ2) is 7.63. The Morgan fingerprint density at radius 1 is 1.38 bits per heavy atom. The molecule has 1 aliphatic heterocycles. The summed E-state index contributed by atoms with van der Waals surface area (Å²) in [5.74, 6) is 0.887. The SMILES string of the molecule is COc1ccc2c(c1)C(=O)N(C[C@H](NC(=O)NC=O)c1cc3cnccc3o1)C2. The third-order valence-corrected chi connectivity index (χ3v) is 4.77. The molecule has 3 aromatic rings. The number of fused-ring (bicyclic) bond motifs is 2. The molecule has 0 fully saturated rings. The molecule has 0 spiro atoms. The van der Waals surface area contributed by atoms with E-state index < -0.39 is 12.1 Å². The lowest BCUT2D eigenvalue weighted by atomic mass is 10.1. The molecule has 1 aromatic carbocycles. The van der Waals surface area contributed by atoms with E-state index in [9.17, 15) is 14.4 Å². The quantitative estimate of drug-likeness (QED) is 0.618. The van der Waals surface area contributed by atoms with Crippen molar-refractivity contribution in [2.24, 2.45) is 0 Å². The van der Waals surface area contributed by atoms with Crippen molar-refractivity contribution < 1.29 is 23.5 Å². The van der Waals surface area contributed by atoms with Gasteiger partial charge in [0.25, 0.3) is 5.91 Å². The minimum Gasteiger partial charge on any atom is -0.497 e. The van der Waals surface area contributed by atoms with Crippen LogP contribution in [-0.2, 0) is 11.3 Å². The van der Waals surface area contributed by atoms with Gasteiger partial charge in [-0.05, 0) is 29.8 Å². The summed E-state index contributed by atoms with van der Waals surface area (Å²) in [4.78, 5) is 41.1. The van der Waals surface area contributed by atoms with Crippen LogP contribution in [0.3, 0.4) is 0 Å². The molecule has 9 nitrogen and oxygen atoms in total. The summed E-state index contributed by atoms with van der Waals surface area (Å²) < 4.78 is 11.0. The molecule has 148 valence electrons. The maximum atomic E-state index is 12.9. The summed E-state index contributed by atoms with van der Waals surface area (Å²) in [5.41, 5.74) is 2.05. The van der Waals surface area contributed by atoms with Crippen LogP contribution in [0.2, 0.25) is 0 Å². The topological polar surface area (TPSA) is 114 Å². The van der Waals surface area contributed by atoms with Crippen molar-refractivity contribution >= 4 is 29.3 Å². The van der Waals surface area contributed by atoms with Gasteiger partial charge < -0.3 is 19.4 Å². The number of urea groups is 1. The van der Waals surface area contributed by atoms with Crippen LogP contribution >= 0.6 is 0 Å². The Bertz CT molecular complexity index is 1060. The fraction of sp³-hybridized carbons (Fsp3) is 0.200. The third kappa shape index (κ3) is 3.62. The number of carbonyl (C=O) groups excluding carboxylic acids is 3. The van der Waals surface area contributed by atoms with Crippen molar-refractivity contribution in [1.29, 1.82) is 0 Å². The monoisotopic (exact) mass is 394 g/mol. The molecule has 0 aliphatic carbocycles. The fourth-order valence-corrected chi connectivity index (χ4v) is 3.37. The zero-order valence-corrected chi connectivity index (χ0v) is 15.5. The number of rotatable bonds is 6. The normalized spacial score (nSPS) is 13.8. The summed E-state index contributed by atoms with van der Waals surface area (Å²) >= 11 is 0. The molecule has 4 rings (SSSR count). The van der Waals surface area contributed by atoms with Crippen LogP contribution in [0.15, 0.2) is 47.1 Å². The Morgan fingerprint density at radius 2 is 2.24 bits per heavy atom. The van der Waals surface area contributed by atoms with Gasteiger partial charge in [-0.3, -0.25) is 19.9 Å². The summed E-state index contributed by atoms with van der Waals surface area (Å²) in [6.07, 6.45) is 3.54. The number of methoxy groups -OCH3 is 1. The number of amides is 4. The first-order valence-corrected chi connectivity index (χ1v) is 8.89. The average Bonchev–Trinajstić information content (AvgIpc) is 3.29. The number of hydrogen-bond donors (Lipinski definition) is 2. The summed E-state index contributed by atoms with van der Waals surface area (Å²) in [7, 11) is 1.54. The molecular formula is C20H18N4O5. The lowest BCUT2D eigenvalue weighted by Gasteiger charge is -2.23. The van der Waals surface area contributed by atoms with Crippen molar-refractivity contribution in [1.82, 2.24) is 20.5 Å². The molecule has 0 saturated carbocycles. The van der Waals surface area contributed by atoms with Gasteiger partial charge in [0.15, 0.2) is 0 Å². The number of nitrogens with zero attached hydrogens (tertiary/aromatic N) is 2. The number of benzene rings is 1. The second-order valence-corrected chi connectivity index (χ2v) is 6.56. The van der Waals surface area contributed by atoms with Crippen LogP contribution in [0.25, 0.3) is 11.0 Å². The number of imide groups is 1. The first-order valence-electron chi connectivity index (χ1n) is 8.89. The van der Waals surface area contributed by atoms with Gasteiger partial charge in [-0.1, -0.05) is 6.07 Å². The Hall–Kier alpha value is -3.88. The Labute approximate surface area is 165 Å². The standard InChI is InChI=1S/C20H18N4O5/c1-28-14-3-2-12-9-24(19(26)15(12)7-14)10-16(23-20(27)22-11-25)18-6-13-8-21-5-4-17(13)29-18/h2-8,11,16H,9-10H2,1H3,(H2,22,23,25,27)/t16-/m0/s1. The summed E-state index contributed by atoms with van der Waals surface area (Å²) in [5, 5.41) is 5.49. The fourth-order valence-electron chi connectivity index (χ4n) is 3.37. The van der Waals surface area contributed by atoms with E-state index in [1.807, 2.05) is 11.4 Å². The van der Waals surface area contributed by atoms with E-state index >= 15 is 0 Å². The predicted octanol–water partition coefficient (Wildman–Crippen LogP) is 1.99. The van der Waals surface area contributed by atoms with Gasteiger partial charge in [-0.25, -0.2) is 4.79 Å². The molecule has 0 bridgehead atoms. The van der Waals surface area contributed by atoms with E-state index in [0.29, 0.717) is 29.2 Å². The van der Waals surface area contributed by atoms with Crippen molar-refractivity contribution in [2.75, 3.05) is 13.7 Å². The van der Waals surface area contributed by atoms with Crippen molar-refractivity contribution in [3.8, 4) is 5.75 Å². The first kappa shape index (κ1) is 18.5. The number of ether oxygens (including phenoxy) is 1. The average molecular weight is 394 g/mol. The lowest BCUT2D eigenvalue weighted by molar-refractivity contribution is -0.108. The predicted molar refractivity (Wildman–Crippen MR) is 102 cm³/mol. The largest absolute Gasteiger partial charge is 0.497 e. The number of nitrogens with one attached hydrogen (secondary N) is 2. The molecule has 0 unspecified atom stereocenters. The van der Waals surface area contributed by atoms with Gasteiger partial charge in [0, 0.05) is 36.4 Å². The molecule has 3 heterocycles. The maximum absolute atomic E-state index is 12.9. The van der Waals surface area contributed by atoms with E-state index in [1.54, 1.807) is 48.7 Å². The first-order chi connectivity index (χ1) is 14.1. The second-order valence-electron chi connectivity index (χ2n) is 6.56. The maximum Gasteiger partial charge on any atom is 0.321 e. The third-order valence-electron chi connectivity index (χ3n) is 4.77. The van der Waals surface area contributed by atoms with Gasteiger partial charge in [0.05, 0.1) is 7.11 Å². The number of hydrogen-bond acceptors (Lipinski definition) is 6. The number of carbonyl (C=O) groups is 3. The molecule has 0 saturated heterocycles. The highest BCUT2D eigenvalue weighted by molar-refractivity contribution is 5.98. The van der Waals surface area contributed by atoms with E-state index in [2.05, 4.69) is 10.3 Å². The molecule has 2 aromatic heterocycles. The lowest BCUT2D eigenvalue weighted by Crippen LogP contribution is -2.42. The molecule has 29 heavy (non-hydrogen) atoms. The Kier molecular flexibility index (Phi) is 4.86. The summed E-state index contributed by atoms with van der Waals surface area (Å²) in [6.45, 7) is 0.558. The van der Waals surface area contributed by atoms with Crippen LogP contribution in [-0.4, -0.2) is 41.9 Å². The van der Waals surface area contributed by atoms with Crippen molar-refractivity contribution in [3.05, 3.63) is 59.6 Å². The number of furan rings is 1. The highest BCUT2D eigenvalue weighted by atomic mass is 16.5. The molecule has 0 radical (unpaired) electrons. The number of pyridine rings is 1. The molecular weight excluding hydrogens is 376 g/mol. The van der Waals surface area contributed by atoms with E-state index in [-0.39, 0.29) is 18.9 Å². The van der Waals surface area contributed by atoms with Crippen LogP contribution in [0, 0.1) is 0 Å². The highest BCUT2D eigenvalue weighted by Gasteiger charge is 2.31. The Morgan fingerprint density at radius 3 is 3.00 bits per heavy atom. The van der Waals surface area contributed by atoms with Gasteiger partial charge in [-0.2, -0.15) is 0 Å². The molecule has 1 atom stereocenters. The van der Waals surface area contributed by atoms with Crippen LogP contribution in [0.5, 0.6) is 5.75 Å². The van der Waals surface area contributed by atoms with Gasteiger partial charge in [-0.15, -0.1) is 0 Å². The minimum atomic E-state index is -0.686. The van der Waals surface area contributed by atoms with Crippen LogP contribution in [0.1, 0.15) is 27.7 Å². The molecule has 4 amide bonds. The summed E-state index contributed by atoms with van der Waals surface area (Å²) in [6, 6.07) is 7.47. The van der Waals surface area contributed by atoms with Gasteiger partial charge >= 0.3 is 6.03 Å². The van der Waals surface area contributed by atoms with E-state index in [4.69, 9.17) is 9.15 Å². The van der Waals surface area contributed by atoms with Gasteiger partial charge in [0.2, 0.25) is 6.41 Å². The zero-order valence-electron chi connectivity index (χ0n) is 15.5. The zero-order chi connectivity index (χ0) is 20.4. The van der Waals surface area contributed by atoms with Gasteiger partial charge in [0.1, 0.15) is 23.1 Å². The Balaban J connectivity index is 1.61. The minimum absolute atomic E-state index is 0.162. The van der Waals surface area contributed by atoms with E-state index in [0.717, 1.165) is 10.9 Å². The smallest absolute Gasteiger partial charge is 0.321 e. The molecule has 2 N–H and O–H groups in total. The number of aromatic nitrogens is 1. The van der Waals surface area contributed by atoms with Crippen molar-refractivity contribution in [3.63, 3.8) is 0 Å². The van der Waals surface area contributed by atoms with Crippen molar-refractivity contribution in [2.45, 2.75) is 12.6 Å². The molecule has 1 aliphatic rings. The highest BCUT2D eigenvalue weighted by Crippen LogP contribution is 2.30. The van der Waals surface area contributed by atoms with Crippen LogP contribution < -0.4 is 15.4 Å². The van der Waals surface area contributed by atoms with Crippen LogP contribution in [0.4, 0.5) is 4.79 Å². The molecule has 9 heteroatoms.